The van der Waals surface area contributed by atoms with Crippen LogP contribution in [-0.2, 0) is 0 Å². The molecule has 1 saturated heterocycles. The number of aromatic nitrogens is 2. The van der Waals surface area contributed by atoms with Gasteiger partial charge in [-0.3, -0.25) is 4.57 Å². The van der Waals surface area contributed by atoms with Gasteiger partial charge in [-0.05, 0) is 43.2 Å². The van der Waals surface area contributed by atoms with Crippen molar-refractivity contribution in [2.24, 2.45) is 5.92 Å². The Kier molecular flexibility index (Phi) is 4.82. The van der Waals surface area contributed by atoms with Crippen molar-refractivity contribution in [2.45, 2.75) is 12.8 Å². The summed E-state index contributed by atoms with van der Waals surface area (Å²) in [5.41, 5.74) is 0.887. The molecule has 0 amide bonds. The number of hydrogen-bond donors (Lipinski definition) is 0. The third kappa shape index (κ3) is 3.29. The minimum Gasteiger partial charge on any atom is -0.356 e. The van der Waals surface area contributed by atoms with Crippen LogP contribution >= 0.6 is 23.2 Å². The predicted molar refractivity (Wildman–Crippen MR) is 111 cm³/mol. The van der Waals surface area contributed by atoms with Gasteiger partial charge in [0.05, 0.1) is 16.2 Å². The first kappa shape index (κ1) is 17.9. The van der Waals surface area contributed by atoms with E-state index in [4.69, 9.17) is 29.6 Å². The predicted octanol–water partition coefficient (Wildman–Crippen LogP) is 4.54. The fourth-order valence-corrected chi connectivity index (χ4v) is 3.93. The van der Waals surface area contributed by atoms with Crippen molar-refractivity contribution in [1.82, 2.24) is 9.55 Å². The standard InChI is InChI=1S/C21H17Cl2N3O/c1-2-14-9-11-25(12-10-14)20-16-8-7-15(22)13-19(16)26(21(27)24-20)18-6-4-3-5-17(18)23/h1,3-8,13-14H,9-12H2. The number of fused-ring (bicyclic) bond motifs is 1. The largest absolute Gasteiger partial charge is 0.356 e. The summed E-state index contributed by atoms with van der Waals surface area (Å²) in [5.74, 6) is 3.78. The molecule has 2 aromatic carbocycles. The Bertz CT molecular complexity index is 1110. The van der Waals surface area contributed by atoms with Crippen LogP contribution in [0.3, 0.4) is 0 Å². The van der Waals surface area contributed by atoms with Gasteiger partial charge in [0.25, 0.3) is 0 Å². The average Bonchev–Trinajstić information content (AvgIpc) is 2.68. The van der Waals surface area contributed by atoms with Gasteiger partial charge in [-0.2, -0.15) is 4.98 Å². The molecule has 1 fully saturated rings. The maximum absolute atomic E-state index is 13.0. The molecule has 0 bridgehead atoms. The van der Waals surface area contributed by atoms with Crippen LogP contribution in [0, 0.1) is 18.3 Å². The first-order chi connectivity index (χ1) is 13.1. The van der Waals surface area contributed by atoms with Crippen molar-refractivity contribution in [1.29, 1.82) is 0 Å². The van der Waals surface area contributed by atoms with Gasteiger partial charge in [0.15, 0.2) is 0 Å². The van der Waals surface area contributed by atoms with Crippen LogP contribution in [0.5, 0.6) is 0 Å². The van der Waals surface area contributed by atoms with Crippen molar-refractivity contribution in [3.05, 3.63) is 63.0 Å². The normalized spacial score (nSPS) is 15.1. The van der Waals surface area contributed by atoms with Crippen LogP contribution < -0.4 is 10.6 Å². The Hall–Kier alpha value is -2.48. The number of benzene rings is 2. The topological polar surface area (TPSA) is 38.1 Å². The van der Waals surface area contributed by atoms with Gasteiger partial charge < -0.3 is 4.90 Å². The molecule has 0 atom stereocenters. The second-order valence-electron chi connectivity index (χ2n) is 6.59. The highest BCUT2D eigenvalue weighted by Gasteiger charge is 2.22. The Labute approximate surface area is 167 Å². The number of hydrogen-bond acceptors (Lipinski definition) is 3. The van der Waals surface area contributed by atoms with Crippen LogP contribution in [0.1, 0.15) is 12.8 Å². The minimum absolute atomic E-state index is 0.283. The number of piperidine rings is 1. The van der Waals surface area contributed by atoms with Gasteiger partial charge >= 0.3 is 5.69 Å². The number of nitrogens with zero attached hydrogens (tertiary/aromatic N) is 3. The van der Waals surface area contributed by atoms with E-state index in [2.05, 4.69) is 15.8 Å². The summed E-state index contributed by atoms with van der Waals surface area (Å²) >= 11 is 12.6. The fourth-order valence-electron chi connectivity index (χ4n) is 3.55. The molecular formula is C21H17Cl2N3O. The Morgan fingerprint density at radius 3 is 2.56 bits per heavy atom. The van der Waals surface area contributed by atoms with Gasteiger partial charge in [0, 0.05) is 29.4 Å². The van der Waals surface area contributed by atoms with Crippen LogP contribution in [-0.4, -0.2) is 22.6 Å². The van der Waals surface area contributed by atoms with E-state index in [9.17, 15) is 4.79 Å². The lowest BCUT2D eigenvalue weighted by molar-refractivity contribution is 0.490. The third-order valence-electron chi connectivity index (χ3n) is 4.96. The molecule has 1 aromatic heterocycles. The van der Waals surface area contributed by atoms with Crippen molar-refractivity contribution in [3.8, 4) is 18.0 Å². The monoisotopic (exact) mass is 397 g/mol. The summed E-state index contributed by atoms with van der Waals surface area (Å²) in [6, 6.07) is 12.7. The molecule has 0 spiro atoms. The number of halogens is 2. The van der Waals surface area contributed by atoms with Gasteiger partial charge in [-0.15, -0.1) is 12.3 Å². The molecule has 0 saturated carbocycles. The molecule has 0 aliphatic carbocycles. The lowest BCUT2D eigenvalue weighted by atomic mass is 9.98. The quantitative estimate of drug-likeness (QED) is 0.595. The summed E-state index contributed by atoms with van der Waals surface area (Å²) in [5, 5.41) is 1.88. The first-order valence-electron chi connectivity index (χ1n) is 8.77. The molecular weight excluding hydrogens is 381 g/mol. The molecule has 4 rings (SSSR count). The Balaban J connectivity index is 1.92. The maximum Gasteiger partial charge on any atom is 0.354 e. The fraction of sp³-hybridized carbons (Fsp3) is 0.238. The summed E-state index contributed by atoms with van der Waals surface area (Å²) in [4.78, 5) is 19.5. The molecule has 3 aromatic rings. The second-order valence-corrected chi connectivity index (χ2v) is 7.44. The van der Waals surface area contributed by atoms with E-state index in [1.807, 2.05) is 24.3 Å². The molecule has 2 heterocycles. The van der Waals surface area contributed by atoms with Gasteiger partial charge in [0.2, 0.25) is 0 Å². The van der Waals surface area contributed by atoms with Crippen LogP contribution in [0.2, 0.25) is 10.0 Å². The summed E-state index contributed by atoms with van der Waals surface area (Å²) < 4.78 is 1.52. The number of anilines is 1. The van der Waals surface area contributed by atoms with E-state index < -0.39 is 0 Å². The number of rotatable bonds is 2. The van der Waals surface area contributed by atoms with E-state index in [1.165, 1.54) is 4.57 Å². The van der Waals surface area contributed by atoms with Crippen LogP contribution in [0.25, 0.3) is 16.6 Å². The molecule has 0 N–H and O–H groups in total. The molecule has 136 valence electrons. The summed E-state index contributed by atoms with van der Waals surface area (Å²) in [6.45, 7) is 1.55. The third-order valence-corrected chi connectivity index (χ3v) is 5.51. The van der Waals surface area contributed by atoms with E-state index in [1.54, 1.807) is 18.2 Å². The molecule has 27 heavy (non-hydrogen) atoms. The summed E-state index contributed by atoms with van der Waals surface area (Å²) in [7, 11) is 0. The number of para-hydroxylation sites is 1. The Morgan fingerprint density at radius 2 is 1.85 bits per heavy atom. The highest BCUT2D eigenvalue weighted by atomic mass is 35.5. The maximum atomic E-state index is 13.0. The molecule has 4 nitrogen and oxygen atoms in total. The highest BCUT2D eigenvalue weighted by Crippen LogP contribution is 2.31. The smallest absolute Gasteiger partial charge is 0.354 e. The first-order valence-corrected chi connectivity index (χ1v) is 9.52. The van der Waals surface area contributed by atoms with E-state index in [0.29, 0.717) is 27.1 Å². The number of terminal acetylenes is 1. The van der Waals surface area contributed by atoms with Crippen molar-refractivity contribution >= 4 is 39.9 Å². The molecule has 1 aliphatic heterocycles. The minimum atomic E-state index is -0.382. The van der Waals surface area contributed by atoms with E-state index >= 15 is 0 Å². The van der Waals surface area contributed by atoms with Crippen molar-refractivity contribution < 1.29 is 0 Å². The molecule has 1 aliphatic rings. The SMILES string of the molecule is C#CC1CCN(c2nc(=O)n(-c3ccccc3Cl)c3cc(Cl)ccc23)CC1. The molecule has 6 heteroatoms. The molecule has 0 radical (unpaired) electrons. The lowest BCUT2D eigenvalue weighted by Gasteiger charge is -2.31. The zero-order valence-corrected chi connectivity index (χ0v) is 16.0. The van der Waals surface area contributed by atoms with Crippen molar-refractivity contribution in [3.63, 3.8) is 0 Å². The van der Waals surface area contributed by atoms with Crippen LogP contribution in [0.4, 0.5) is 5.82 Å². The van der Waals surface area contributed by atoms with Gasteiger partial charge in [0.1, 0.15) is 5.82 Å². The Morgan fingerprint density at radius 1 is 1.11 bits per heavy atom. The average molecular weight is 398 g/mol. The van der Waals surface area contributed by atoms with E-state index in [-0.39, 0.29) is 11.6 Å². The lowest BCUT2D eigenvalue weighted by Crippen LogP contribution is -2.36. The summed E-state index contributed by atoms with van der Waals surface area (Å²) in [6.07, 6.45) is 7.33. The second kappa shape index (κ2) is 7.26. The van der Waals surface area contributed by atoms with E-state index in [0.717, 1.165) is 31.3 Å². The highest BCUT2D eigenvalue weighted by molar-refractivity contribution is 6.32. The van der Waals surface area contributed by atoms with Crippen molar-refractivity contribution in [2.75, 3.05) is 18.0 Å². The van der Waals surface area contributed by atoms with Crippen LogP contribution in [0.15, 0.2) is 47.3 Å². The molecule has 0 unspecified atom stereocenters. The van der Waals surface area contributed by atoms with Gasteiger partial charge in [-0.25, -0.2) is 4.79 Å². The zero-order valence-electron chi connectivity index (χ0n) is 14.5. The van der Waals surface area contributed by atoms with Gasteiger partial charge in [-0.1, -0.05) is 35.3 Å². The zero-order chi connectivity index (χ0) is 19.0.